The number of nitrogens with zero attached hydrogens (tertiary/aromatic N) is 2. The zero-order valence-electron chi connectivity index (χ0n) is 11.2. The van der Waals surface area contributed by atoms with Crippen molar-refractivity contribution in [2.75, 3.05) is 0 Å². The van der Waals surface area contributed by atoms with Gasteiger partial charge >= 0.3 is 5.76 Å². The van der Waals surface area contributed by atoms with Crippen LogP contribution in [0.5, 0.6) is 0 Å². The van der Waals surface area contributed by atoms with Crippen LogP contribution in [0.4, 0.5) is 0 Å². The fourth-order valence-electron chi connectivity index (χ4n) is 2.52. The lowest BCUT2D eigenvalue weighted by Crippen LogP contribution is -2.01. The highest BCUT2D eigenvalue weighted by Crippen LogP contribution is 2.29. The van der Waals surface area contributed by atoms with E-state index in [1.54, 1.807) is 11.3 Å². The lowest BCUT2D eigenvalue weighted by atomic mass is 10.1. The van der Waals surface area contributed by atoms with Gasteiger partial charge in [-0.1, -0.05) is 6.07 Å². The molecule has 3 aromatic heterocycles. The van der Waals surface area contributed by atoms with E-state index in [0.717, 1.165) is 21.9 Å². The summed E-state index contributed by atoms with van der Waals surface area (Å²) in [5, 5.41) is 0. The van der Waals surface area contributed by atoms with Crippen molar-refractivity contribution >= 4 is 27.4 Å². The van der Waals surface area contributed by atoms with Gasteiger partial charge in [0.1, 0.15) is 0 Å². The number of rotatable bonds is 2. The second kappa shape index (κ2) is 4.31. The summed E-state index contributed by atoms with van der Waals surface area (Å²) >= 11 is 1.62. The number of benzene rings is 1. The number of aromatic nitrogens is 3. The van der Waals surface area contributed by atoms with E-state index >= 15 is 0 Å². The molecule has 0 saturated carbocycles. The Morgan fingerprint density at radius 3 is 3.14 bits per heavy atom. The molecule has 0 atom stereocenters. The Hall–Kier alpha value is -2.38. The molecule has 3 heterocycles. The zero-order valence-corrected chi connectivity index (χ0v) is 12.0. The summed E-state index contributed by atoms with van der Waals surface area (Å²) in [6, 6.07) is 5.53. The van der Waals surface area contributed by atoms with Gasteiger partial charge in [0, 0.05) is 23.2 Å². The molecule has 0 unspecified atom stereocenters. The van der Waals surface area contributed by atoms with E-state index in [-0.39, 0.29) is 0 Å². The SMILES string of the molecule is Cc1cn2c(CN)c(-c3ccc4[nH]c(=O)oc4c3)nc2s1. The molecule has 4 aromatic rings. The van der Waals surface area contributed by atoms with Gasteiger partial charge in [-0.15, -0.1) is 11.3 Å². The van der Waals surface area contributed by atoms with Crippen LogP contribution in [0.2, 0.25) is 0 Å². The van der Waals surface area contributed by atoms with Crippen LogP contribution < -0.4 is 11.5 Å². The molecule has 0 saturated heterocycles. The summed E-state index contributed by atoms with van der Waals surface area (Å²) < 4.78 is 7.12. The average Bonchev–Trinajstić information content (AvgIpc) is 3.07. The highest BCUT2D eigenvalue weighted by atomic mass is 32.1. The largest absolute Gasteiger partial charge is 0.417 e. The summed E-state index contributed by atoms with van der Waals surface area (Å²) in [6.45, 7) is 2.43. The minimum Gasteiger partial charge on any atom is -0.408 e. The van der Waals surface area contributed by atoms with Crippen molar-refractivity contribution < 1.29 is 4.42 Å². The Labute approximate surface area is 122 Å². The number of hydrogen-bond acceptors (Lipinski definition) is 5. The number of aromatic amines is 1. The fraction of sp³-hybridized carbons (Fsp3) is 0.143. The van der Waals surface area contributed by atoms with Gasteiger partial charge in [-0.2, -0.15) is 0 Å². The second-order valence-electron chi connectivity index (χ2n) is 4.83. The second-order valence-corrected chi connectivity index (χ2v) is 6.04. The first-order valence-electron chi connectivity index (χ1n) is 6.46. The van der Waals surface area contributed by atoms with Gasteiger partial charge in [0.15, 0.2) is 10.5 Å². The maximum Gasteiger partial charge on any atom is 0.417 e. The molecule has 0 aliphatic rings. The Kier molecular flexibility index (Phi) is 2.54. The van der Waals surface area contributed by atoms with Gasteiger partial charge in [0.2, 0.25) is 0 Å². The Morgan fingerprint density at radius 1 is 1.48 bits per heavy atom. The first-order chi connectivity index (χ1) is 10.2. The van der Waals surface area contributed by atoms with Crippen LogP contribution in [0.3, 0.4) is 0 Å². The van der Waals surface area contributed by atoms with Crippen molar-refractivity contribution in [3.8, 4) is 11.3 Å². The van der Waals surface area contributed by atoms with E-state index in [1.165, 1.54) is 4.88 Å². The Morgan fingerprint density at radius 2 is 2.33 bits per heavy atom. The highest BCUT2D eigenvalue weighted by molar-refractivity contribution is 7.17. The fourth-order valence-corrected chi connectivity index (χ4v) is 3.36. The number of thiazole rings is 1. The van der Waals surface area contributed by atoms with Crippen molar-refractivity contribution in [2.45, 2.75) is 13.5 Å². The summed E-state index contributed by atoms with van der Waals surface area (Å²) in [4.78, 5) is 20.6. The van der Waals surface area contributed by atoms with E-state index in [9.17, 15) is 4.79 Å². The van der Waals surface area contributed by atoms with Crippen LogP contribution in [0.25, 0.3) is 27.3 Å². The van der Waals surface area contributed by atoms with E-state index in [4.69, 9.17) is 10.2 Å². The molecule has 0 radical (unpaired) electrons. The van der Waals surface area contributed by atoms with Gasteiger partial charge < -0.3 is 10.2 Å². The van der Waals surface area contributed by atoms with Gasteiger partial charge in [-0.3, -0.25) is 9.38 Å². The maximum absolute atomic E-state index is 11.2. The van der Waals surface area contributed by atoms with Crippen LogP contribution in [0, 0.1) is 6.92 Å². The third-order valence-corrected chi connectivity index (χ3v) is 4.33. The molecule has 0 spiro atoms. The molecule has 21 heavy (non-hydrogen) atoms. The summed E-state index contributed by atoms with van der Waals surface area (Å²) in [7, 11) is 0. The molecule has 6 nitrogen and oxygen atoms in total. The quantitative estimate of drug-likeness (QED) is 0.594. The van der Waals surface area contributed by atoms with Crippen molar-refractivity contribution in [1.29, 1.82) is 0 Å². The molecular formula is C14H12N4O2S. The molecule has 7 heteroatoms. The lowest BCUT2D eigenvalue weighted by Gasteiger charge is -2.01. The number of hydrogen-bond donors (Lipinski definition) is 2. The van der Waals surface area contributed by atoms with E-state index < -0.39 is 5.76 Å². The summed E-state index contributed by atoms with van der Waals surface area (Å²) in [6.07, 6.45) is 2.04. The van der Waals surface area contributed by atoms with Crippen molar-refractivity contribution in [3.05, 3.63) is 45.5 Å². The first kappa shape index (κ1) is 12.4. The number of nitrogens with one attached hydrogen (secondary N) is 1. The monoisotopic (exact) mass is 300 g/mol. The smallest absolute Gasteiger partial charge is 0.408 e. The summed E-state index contributed by atoms with van der Waals surface area (Å²) in [5.74, 6) is -0.456. The van der Waals surface area contributed by atoms with Gasteiger partial charge in [0.05, 0.1) is 16.9 Å². The average molecular weight is 300 g/mol. The molecule has 0 aliphatic carbocycles. The Balaban J connectivity index is 1.98. The summed E-state index contributed by atoms with van der Waals surface area (Å²) in [5.41, 5.74) is 9.75. The van der Waals surface area contributed by atoms with Crippen molar-refractivity contribution in [2.24, 2.45) is 5.73 Å². The highest BCUT2D eigenvalue weighted by Gasteiger charge is 2.15. The standard InChI is InChI=1S/C14H12N4O2S/c1-7-6-18-10(5-15)12(17-13(18)21-7)8-2-3-9-11(4-8)20-14(19)16-9/h2-4,6H,5,15H2,1H3,(H,16,19). The number of imidazole rings is 1. The van der Waals surface area contributed by atoms with Gasteiger partial charge in [-0.05, 0) is 19.1 Å². The molecule has 0 amide bonds. The van der Waals surface area contributed by atoms with E-state index in [1.807, 2.05) is 35.7 Å². The van der Waals surface area contributed by atoms with E-state index in [2.05, 4.69) is 9.97 Å². The third kappa shape index (κ3) is 1.82. The van der Waals surface area contributed by atoms with Crippen LogP contribution in [-0.4, -0.2) is 14.4 Å². The molecular weight excluding hydrogens is 288 g/mol. The predicted molar refractivity (Wildman–Crippen MR) is 81.5 cm³/mol. The molecule has 1 aromatic carbocycles. The minimum absolute atomic E-state index is 0.391. The minimum atomic E-state index is -0.456. The van der Waals surface area contributed by atoms with Crippen molar-refractivity contribution in [3.63, 3.8) is 0 Å². The molecule has 3 N–H and O–H groups in total. The van der Waals surface area contributed by atoms with Gasteiger partial charge in [0.25, 0.3) is 0 Å². The maximum atomic E-state index is 11.2. The van der Waals surface area contributed by atoms with Crippen LogP contribution in [-0.2, 0) is 6.54 Å². The molecule has 106 valence electrons. The molecule has 0 fully saturated rings. The molecule has 0 bridgehead atoms. The third-order valence-electron chi connectivity index (χ3n) is 3.43. The lowest BCUT2D eigenvalue weighted by molar-refractivity contribution is 0.555. The first-order valence-corrected chi connectivity index (χ1v) is 7.28. The number of fused-ring (bicyclic) bond motifs is 2. The molecule has 4 rings (SSSR count). The predicted octanol–water partition coefficient (Wildman–Crippen LogP) is 2.26. The number of H-pyrrole nitrogens is 1. The number of nitrogens with two attached hydrogens (primary N) is 1. The molecule has 0 aliphatic heterocycles. The topological polar surface area (TPSA) is 89.3 Å². The van der Waals surface area contributed by atoms with Crippen LogP contribution in [0.15, 0.2) is 33.6 Å². The normalized spacial score (nSPS) is 11.7. The number of aryl methyl sites for hydroxylation is 1. The Bertz CT molecular complexity index is 1020. The van der Waals surface area contributed by atoms with Crippen LogP contribution >= 0.6 is 11.3 Å². The van der Waals surface area contributed by atoms with Gasteiger partial charge in [-0.25, -0.2) is 9.78 Å². The van der Waals surface area contributed by atoms with E-state index in [0.29, 0.717) is 17.6 Å². The van der Waals surface area contributed by atoms with Crippen molar-refractivity contribution in [1.82, 2.24) is 14.4 Å². The van der Waals surface area contributed by atoms with Crippen LogP contribution in [0.1, 0.15) is 10.6 Å². The zero-order chi connectivity index (χ0) is 14.6. The number of oxazole rings is 1.